The number of hydrogen-bond donors (Lipinski definition) is 0. The molecular formula is C9H16O2. The average molecular weight is 156 g/mol. The second-order valence-electron chi connectivity index (χ2n) is 2.46. The number of allylic oxidation sites excluding steroid dienone is 1. The smallest absolute Gasteiger partial charge is 0.333 e. The SMILES string of the molecule is CC/C(C)=C(\CC)C(=O)OC. The second-order valence-corrected chi connectivity index (χ2v) is 2.46. The molecule has 0 fully saturated rings. The Labute approximate surface area is 68.2 Å². The van der Waals surface area contributed by atoms with Gasteiger partial charge in [-0.1, -0.05) is 19.4 Å². The van der Waals surface area contributed by atoms with Crippen molar-refractivity contribution in [2.24, 2.45) is 0 Å². The van der Waals surface area contributed by atoms with Crippen LogP contribution >= 0.6 is 0 Å². The molecule has 0 unspecified atom stereocenters. The molecule has 0 aromatic rings. The zero-order valence-corrected chi connectivity index (χ0v) is 7.73. The number of rotatable bonds is 3. The highest BCUT2D eigenvalue weighted by atomic mass is 16.5. The summed E-state index contributed by atoms with van der Waals surface area (Å²) in [5.74, 6) is -0.188. The minimum atomic E-state index is -0.188. The lowest BCUT2D eigenvalue weighted by Gasteiger charge is -2.05. The van der Waals surface area contributed by atoms with Gasteiger partial charge in [-0.2, -0.15) is 0 Å². The van der Waals surface area contributed by atoms with Crippen LogP contribution in [0.2, 0.25) is 0 Å². The average Bonchev–Trinajstić information content (AvgIpc) is 2.05. The first-order valence-corrected chi connectivity index (χ1v) is 3.94. The number of ether oxygens (including phenoxy) is 1. The summed E-state index contributed by atoms with van der Waals surface area (Å²) < 4.78 is 4.63. The molecule has 0 aromatic carbocycles. The van der Waals surface area contributed by atoms with Crippen LogP contribution in [-0.4, -0.2) is 13.1 Å². The lowest BCUT2D eigenvalue weighted by molar-refractivity contribution is -0.136. The van der Waals surface area contributed by atoms with E-state index >= 15 is 0 Å². The molecule has 0 saturated heterocycles. The third-order valence-electron chi connectivity index (χ3n) is 1.83. The zero-order chi connectivity index (χ0) is 8.85. The Bertz CT molecular complexity index is 168. The molecule has 11 heavy (non-hydrogen) atoms. The highest BCUT2D eigenvalue weighted by Gasteiger charge is 2.08. The maximum Gasteiger partial charge on any atom is 0.333 e. The summed E-state index contributed by atoms with van der Waals surface area (Å²) in [6.07, 6.45) is 1.67. The molecule has 0 aliphatic carbocycles. The number of methoxy groups -OCH3 is 1. The molecule has 0 N–H and O–H groups in total. The Kier molecular flexibility index (Phi) is 4.59. The summed E-state index contributed by atoms with van der Waals surface area (Å²) >= 11 is 0. The van der Waals surface area contributed by atoms with Crippen LogP contribution in [0.1, 0.15) is 33.6 Å². The number of esters is 1. The minimum Gasteiger partial charge on any atom is -0.466 e. The van der Waals surface area contributed by atoms with Gasteiger partial charge >= 0.3 is 5.97 Å². The molecule has 0 aliphatic rings. The molecule has 0 spiro atoms. The lowest BCUT2D eigenvalue weighted by atomic mass is 10.1. The van der Waals surface area contributed by atoms with E-state index in [1.807, 2.05) is 20.8 Å². The third kappa shape index (κ3) is 2.74. The van der Waals surface area contributed by atoms with E-state index in [0.29, 0.717) is 0 Å². The molecule has 0 amide bonds. The first-order valence-electron chi connectivity index (χ1n) is 3.94. The number of carbonyl (C=O) groups excluding carboxylic acids is 1. The van der Waals surface area contributed by atoms with Gasteiger partial charge in [0, 0.05) is 5.57 Å². The summed E-state index contributed by atoms with van der Waals surface area (Å²) in [6, 6.07) is 0. The van der Waals surface area contributed by atoms with Gasteiger partial charge < -0.3 is 4.74 Å². The molecule has 64 valence electrons. The van der Waals surface area contributed by atoms with Crippen LogP contribution in [0.4, 0.5) is 0 Å². The molecule has 0 rings (SSSR count). The van der Waals surface area contributed by atoms with Crippen LogP contribution in [0, 0.1) is 0 Å². The molecule has 2 nitrogen and oxygen atoms in total. The fourth-order valence-electron chi connectivity index (χ4n) is 0.957. The monoisotopic (exact) mass is 156 g/mol. The van der Waals surface area contributed by atoms with Gasteiger partial charge in [0.2, 0.25) is 0 Å². The van der Waals surface area contributed by atoms with Crippen LogP contribution in [0.15, 0.2) is 11.1 Å². The van der Waals surface area contributed by atoms with Crippen molar-refractivity contribution in [3.8, 4) is 0 Å². The minimum absolute atomic E-state index is 0.188. The van der Waals surface area contributed by atoms with Crippen molar-refractivity contribution < 1.29 is 9.53 Å². The Balaban J connectivity index is 4.50. The van der Waals surface area contributed by atoms with Crippen LogP contribution in [0.25, 0.3) is 0 Å². The van der Waals surface area contributed by atoms with E-state index in [0.717, 1.165) is 24.0 Å². The Morgan fingerprint density at radius 3 is 2.09 bits per heavy atom. The van der Waals surface area contributed by atoms with Gasteiger partial charge in [-0.25, -0.2) is 4.79 Å². The molecule has 2 heteroatoms. The molecular weight excluding hydrogens is 140 g/mol. The van der Waals surface area contributed by atoms with Crippen molar-refractivity contribution >= 4 is 5.97 Å². The first-order chi connectivity index (χ1) is 5.17. The largest absolute Gasteiger partial charge is 0.466 e. The van der Waals surface area contributed by atoms with E-state index in [1.165, 1.54) is 7.11 Å². The van der Waals surface area contributed by atoms with Gasteiger partial charge in [0.1, 0.15) is 0 Å². The van der Waals surface area contributed by atoms with Crippen molar-refractivity contribution in [2.75, 3.05) is 7.11 Å². The van der Waals surface area contributed by atoms with Crippen LogP contribution < -0.4 is 0 Å². The van der Waals surface area contributed by atoms with Crippen LogP contribution in [-0.2, 0) is 9.53 Å². The summed E-state index contributed by atoms with van der Waals surface area (Å²) in [5, 5.41) is 0. The zero-order valence-electron chi connectivity index (χ0n) is 7.73. The van der Waals surface area contributed by atoms with E-state index in [4.69, 9.17) is 0 Å². The van der Waals surface area contributed by atoms with E-state index in [1.54, 1.807) is 0 Å². The normalized spacial score (nSPS) is 12.4. The fourth-order valence-corrected chi connectivity index (χ4v) is 0.957. The van der Waals surface area contributed by atoms with Crippen LogP contribution in [0.5, 0.6) is 0 Å². The van der Waals surface area contributed by atoms with E-state index in [2.05, 4.69) is 4.74 Å². The van der Waals surface area contributed by atoms with Gasteiger partial charge in [-0.05, 0) is 19.8 Å². The molecule has 0 heterocycles. The summed E-state index contributed by atoms with van der Waals surface area (Å²) in [7, 11) is 1.42. The third-order valence-corrected chi connectivity index (χ3v) is 1.83. The van der Waals surface area contributed by atoms with Crippen LogP contribution in [0.3, 0.4) is 0 Å². The molecule has 0 atom stereocenters. The predicted molar refractivity (Wildman–Crippen MR) is 45.3 cm³/mol. The Morgan fingerprint density at radius 1 is 1.27 bits per heavy atom. The quantitative estimate of drug-likeness (QED) is 0.463. The molecule has 0 aromatic heterocycles. The maximum absolute atomic E-state index is 11.1. The fraction of sp³-hybridized carbons (Fsp3) is 0.667. The molecule has 0 bridgehead atoms. The topological polar surface area (TPSA) is 26.3 Å². The van der Waals surface area contributed by atoms with Gasteiger partial charge in [0.25, 0.3) is 0 Å². The van der Waals surface area contributed by atoms with Gasteiger partial charge in [0.15, 0.2) is 0 Å². The highest BCUT2D eigenvalue weighted by molar-refractivity contribution is 5.89. The maximum atomic E-state index is 11.1. The van der Waals surface area contributed by atoms with Crippen molar-refractivity contribution in [2.45, 2.75) is 33.6 Å². The Morgan fingerprint density at radius 2 is 1.82 bits per heavy atom. The van der Waals surface area contributed by atoms with Gasteiger partial charge in [-0.15, -0.1) is 0 Å². The predicted octanol–water partition coefficient (Wildman–Crippen LogP) is 2.30. The summed E-state index contributed by atoms with van der Waals surface area (Å²) in [4.78, 5) is 11.1. The second kappa shape index (κ2) is 4.94. The standard InChI is InChI=1S/C9H16O2/c1-5-7(3)8(6-2)9(10)11-4/h5-6H2,1-4H3/b8-7+. The summed E-state index contributed by atoms with van der Waals surface area (Å²) in [5.41, 5.74) is 1.94. The van der Waals surface area contributed by atoms with Crippen molar-refractivity contribution in [1.29, 1.82) is 0 Å². The van der Waals surface area contributed by atoms with Gasteiger partial charge in [0.05, 0.1) is 7.11 Å². The number of carbonyl (C=O) groups is 1. The number of hydrogen-bond acceptors (Lipinski definition) is 2. The van der Waals surface area contributed by atoms with E-state index in [-0.39, 0.29) is 5.97 Å². The van der Waals surface area contributed by atoms with Crippen molar-refractivity contribution in [1.82, 2.24) is 0 Å². The van der Waals surface area contributed by atoms with Gasteiger partial charge in [-0.3, -0.25) is 0 Å². The van der Waals surface area contributed by atoms with E-state index in [9.17, 15) is 4.79 Å². The molecule has 0 aliphatic heterocycles. The Hall–Kier alpha value is -0.790. The lowest BCUT2D eigenvalue weighted by Crippen LogP contribution is -2.05. The molecule has 0 radical (unpaired) electrons. The first kappa shape index (κ1) is 10.2. The molecule has 0 saturated carbocycles. The van der Waals surface area contributed by atoms with Crippen molar-refractivity contribution in [3.05, 3.63) is 11.1 Å². The highest BCUT2D eigenvalue weighted by Crippen LogP contribution is 2.12. The van der Waals surface area contributed by atoms with E-state index < -0.39 is 0 Å². The summed E-state index contributed by atoms with van der Waals surface area (Å²) in [6.45, 7) is 5.97. The van der Waals surface area contributed by atoms with Crippen molar-refractivity contribution in [3.63, 3.8) is 0 Å².